The van der Waals surface area contributed by atoms with Gasteiger partial charge in [0.1, 0.15) is 0 Å². The zero-order valence-electron chi connectivity index (χ0n) is 13.4. The monoisotopic (exact) mass is 319 g/mol. The second-order valence-electron chi connectivity index (χ2n) is 8.11. The Balaban J connectivity index is 1.64. The van der Waals surface area contributed by atoms with Crippen LogP contribution in [0.15, 0.2) is 12.2 Å². The van der Waals surface area contributed by atoms with Gasteiger partial charge in [0, 0.05) is 13.1 Å². The zero-order chi connectivity index (χ0) is 16.2. The van der Waals surface area contributed by atoms with Gasteiger partial charge in [0.05, 0.1) is 11.3 Å². The van der Waals surface area contributed by atoms with Crippen LogP contribution in [0, 0.1) is 35.0 Å². The minimum Gasteiger partial charge on any atom is -0.481 e. The normalized spacial score (nSPS) is 48.2. The molecule has 0 aromatic carbocycles. The minimum atomic E-state index is -0.861. The highest BCUT2D eigenvalue weighted by atomic mass is 16.4. The van der Waals surface area contributed by atoms with Gasteiger partial charge in [-0.25, -0.2) is 0 Å². The Hall–Kier alpha value is -1.36. The summed E-state index contributed by atoms with van der Waals surface area (Å²) in [5, 5.41) is 19.5. The van der Waals surface area contributed by atoms with Crippen LogP contribution in [0.1, 0.15) is 32.1 Å². The summed E-state index contributed by atoms with van der Waals surface area (Å²) < 4.78 is 0. The lowest BCUT2D eigenvalue weighted by Gasteiger charge is -2.45. The summed E-state index contributed by atoms with van der Waals surface area (Å²) in [7, 11) is 0. The van der Waals surface area contributed by atoms with Gasteiger partial charge in [0.2, 0.25) is 0 Å². The molecule has 2 aliphatic heterocycles. The molecule has 2 aliphatic carbocycles. The molecular weight excluding hydrogens is 294 g/mol. The lowest BCUT2D eigenvalue weighted by atomic mass is 9.61. The second kappa shape index (κ2) is 5.33. The molecule has 2 heterocycles. The van der Waals surface area contributed by atoms with Crippen LogP contribution in [0.25, 0.3) is 0 Å². The predicted molar refractivity (Wildman–Crippen MR) is 83.8 cm³/mol. The number of fused-ring (bicyclic) bond motifs is 3. The van der Waals surface area contributed by atoms with Crippen molar-refractivity contribution in [2.75, 3.05) is 19.6 Å². The highest BCUT2D eigenvalue weighted by Gasteiger charge is 2.54. The molecule has 7 unspecified atom stereocenters. The number of aliphatic carboxylic acids is 2. The van der Waals surface area contributed by atoms with Gasteiger partial charge in [-0.05, 0) is 62.3 Å². The zero-order valence-corrected chi connectivity index (χ0v) is 13.4. The van der Waals surface area contributed by atoms with E-state index in [0.29, 0.717) is 18.8 Å². The Labute approximate surface area is 136 Å². The van der Waals surface area contributed by atoms with Crippen molar-refractivity contribution in [1.29, 1.82) is 0 Å². The van der Waals surface area contributed by atoms with Crippen molar-refractivity contribution in [2.45, 2.75) is 32.1 Å². The van der Waals surface area contributed by atoms with Crippen molar-refractivity contribution in [1.82, 2.24) is 4.90 Å². The van der Waals surface area contributed by atoms with Crippen LogP contribution in [-0.4, -0.2) is 46.7 Å². The Morgan fingerprint density at radius 1 is 1.13 bits per heavy atom. The molecule has 126 valence electrons. The summed E-state index contributed by atoms with van der Waals surface area (Å²) in [6.07, 6.45) is 8.21. The van der Waals surface area contributed by atoms with Crippen molar-refractivity contribution in [2.24, 2.45) is 35.0 Å². The van der Waals surface area contributed by atoms with E-state index in [2.05, 4.69) is 4.90 Å². The standard InChI is InChI=1S/C18H25NO4/c20-16(21)14-2-1-12-3-5-18(17(22)23,8-15(12)14)13-7-11-4-6-19(9-11)10-13/h3,5,11-15H,1-2,4,6-10H2,(H,20,21)(H,22,23). The molecule has 4 rings (SSSR count). The second-order valence-corrected chi connectivity index (χ2v) is 8.11. The first kappa shape index (κ1) is 15.2. The number of nitrogens with zero attached hydrogens (tertiary/aromatic N) is 1. The summed E-state index contributed by atoms with van der Waals surface area (Å²) in [6.45, 7) is 3.05. The van der Waals surface area contributed by atoms with Crippen LogP contribution in [0.2, 0.25) is 0 Å². The molecule has 1 saturated carbocycles. The largest absolute Gasteiger partial charge is 0.481 e. The van der Waals surface area contributed by atoms with Crippen molar-refractivity contribution < 1.29 is 19.8 Å². The van der Waals surface area contributed by atoms with E-state index in [-0.39, 0.29) is 23.7 Å². The van der Waals surface area contributed by atoms with Gasteiger partial charge >= 0.3 is 11.9 Å². The number of hydrogen-bond donors (Lipinski definition) is 2. The van der Waals surface area contributed by atoms with E-state index in [9.17, 15) is 19.8 Å². The molecule has 0 amide bonds. The van der Waals surface area contributed by atoms with E-state index in [4.69, 9.17) is 0 Å². The molecule has 2 bridgehead atoms. The summed E-state index contributed by atoms with van der Waals surface area (Å²) in [5.74, 6) is -0.893. The average molecular weight is 319 g/mol. The van der Waals surface area contributed by atoms with Gasteiger partial charge in [-0.15, -0.1) is 0 Å². The average Bonchev–Trinajstić information content (AvgIpc) is 3.09. The molecule has 0 aromatic heterocycles. The van der Waals surface area contributed by atoms with Gasteiger partial charge in [-0.3, -0.25) is 9.59 Å². The van der Waals surface area contributed by atoms with Crippen LogP contribution in [0.4, 0.5) is 0 Å². The SMILES string of the molecule is O=C(O)C1CCC2C=CC(C(=O)O)(C3CC4CCN(C4)C3)CC21. The first-order valence-corrected chi connectivity index (χ1v) is 8.87. The van der Waals surface area contributed by atoms with E-state index in [1.165, 1.54) is 6.42 Å². The van der Waals surface area contributed by atoms with Crippen LogP contribution in [0.3, 0.4) is 0 Å². The maximum absolute atomic E-state index is 12.3. The van der Waals surface area contributed by atoms with Crippen molar-refractivity contribution in [3.63, 3.8) is 0 Å². The van der Waals surface area contributed by atoms with Crippen LogP contribution < -0.4 is 0 Å². The molecule has 0 radical (unpaired) electrons. The molecular formula is C18H25NO4. The Kier molecular flexibility index (Phi) is 3.52. The predicted octanol–water partition coefficient (Wildman–Crippen LogP) is 2.09. The summed E-state index contributed by atoms with van der Waals surface area (Å²) in [4.78, 5) is 26.2. The van der Waals surface area contributed by atoms with E-state index in [1.54, 1.807) is 0 Å². The molecule has 2 saturated heterocycles. The third kappa shape index (κ3) is 2.32. The number of carbonyl (C=O) groups is 2. The van der Waals surface area contributed by atoms with Crippen LogP contribution in [0.5, 0.6) is 0 Å². The van der Waals surface area contributed by atoms with Gasteiger partial charge in [0.25, 0.3) is 0 Å². The number of hydrogen-bond acceptors (Lipinski definition) is 3. The van der Waals surface area contributed by atoms with Gasteiger partial charge in [-0.1, -0.05) is 12.2 Å². The summed E-state index contributed by atoms with van der Waals surface area (Å²) >= 11 is 0. The Morgan fingerprint density at radius 3 is 2.65 bits per heavy atom. The smallest absolute Gasteiger partial charge is 0.313 e. The van der Waals surface area contributed by atoms with E-state index in [0.717, 1.165) is 32.5 Å². The fourth-order valence-corrected chi connectivity index (χ4v) is 5.76. The number of carboxylic acids is 2. The number of carboxylic acid groups (broad SMARTS) is 2. The van der Waals surface area contributed by atoms with Gasteiger partial charge in [0.15, 0.2) is 0 Å². The van der Waals surface area contributed by atoms with Crippen molar-refractivity contribution >= 4 is 11.9 Å². The lowest BCUT2D eigenvalue weighted by Crippen LogP contribution is -2.49. The molecule has 0 aromatic rings. The molecule has 3 fully saturated rings. The number of rotatable bonds is 3. The van der Waals surface area contributed by atoms with E-state index < -0.39 is 17.4 Å². The first-order chi connectivity index (χ1) is 11.0. The maximum Gasteiger partial charge on any atom is 0.313 e. The highest BCUT2D eigenvalue weighted by Crippen LogP contribution is 2.53. The van der Waals surface area contributed by atoms with Crippen molar-refractivity contribution in [3.05, 3.63) is 12.2 Å². The Morgan fingerprint density at radius 2 is 1.96 bits per heavy atom. The number of allylic oxidation sites excluding steroid dienone is 1. The third-order valence-electron chi connectivity index (χ3n) is 7.00. The van der Waals surface area contributed by atoms with Gasteiger partial charge in [-0.2, -0.15) is 0 Å². The van der Waals surface area contributed by atoms with Crippen LogP contribution >= 0.6 is 0 Å². The molecule has 4 aliphatic rings. The molecule has 7 atom stereocenters. The summed E-state index contributed by atoms with van der Waals surface area (Å²) in [6, 6.07) is 0. The van der Waals surface area contributed by atoms with E-state index in [1.807, 2.05) is 12.2 Å². The van der Waals surface area contributed by atoms with E-state index >= 15 is 0 Å². The first-order valence-electron chi connectivity index (χ1n) is 8.87. The minimum absolute atomic E-state index is 0.0109. The molecule has 23 heavy (non-hydrogen) atoms. The molecule has 0 spiro atoms. The quantitative estimate of drug-likeness (QED) is 0.779. The highest BCUT2D eigenvalue weighted by molar-refractivity contribution is 5.78. The summed E-state index contributed by atoms with van der Waals surface area (Å²) in [5.41, 5.74) is -0.861. The number of piperidine rings is 1. The topological polar surface area (TPSA) is 77.8 Å². The van der Waals surface area contributed by atoms with Crippen molar-refractivity contribution in [3.8, 4) is 0 Å². The fraction of sp³-hybridized carbons (Fsp3) is 0.778. The molecule has 2 N–H and O–H groups in total. The fourth-order valence-electron chi connectivity index (χ4n) is 5.76. The lowest BCUT2D eigenvalue weighted by molar-refractivity contribution is -0.154. The van der Waals surface area contributed by atoms with Gasteiger partial charge < -0.3 is 15.1 Å². The van der Waals surface area contributed by atoms with Crippen LogP contribution in [-0.2, 0) is 9.59 Å². The third-order valence-corrected chi connectivity index (χ3v) is 7.00. The maximum atomic E-state index is 12.3. The molecule has 5 heteroatoms. The Bertz CT molecular complexity index is 547. The molecule has 5 nitrogen and oxygen atoms in total.